The van der Waals surface area contributed by atoms with E-state index >= 15 is 0 Å². The molecule has 0 saturated heterocycles. The van der Waals surface area contributed by atoms with E-state index in [2.05, 4.69) is 26.6 Å². The largest absolute Gasteiger partial charge is 0.394 e. The zero-order valence-electron chi connectivity index (χ0n) is 11.4. The molecule has 2 amide bonds. The third-order valence-electron chi connectivity index (χ3n) is 2.79. The molecule has 5 nitrogen and oxygen atoms in total. The van der Waals surface area contributed by atoms with Crippen LogP contribution < -0.4 is 10.6 Å². The summed E-state index contributed by atoms with van der Waals surface area (Å²) in [5.74, 6) is -0.494. The maximum Gasteiger partial charge on any atom is 0.319 e. The second kappa shape index (κ2) is 8.18. The summed E-state index contributed by atoms with van der Waals surface area (Å²) >= 11 is 3.21. The summed E-state index contributed by atoms with van der Waals surface area (Å²) in [6.45, 7) is 1.81. The minimum Gasteiger partial charge on any atom is -0.394 e. The first-order valence-corrected chi connectivity index (χ1v) is 6.90. The van der Waals surface area contributed by atoms with Crippen molar-refractivity contribution in [2.45, 2.75) is 19.4 Å². The summed E-state index contributed by atoms with van der Waals surface area (Å²) in [4.78, 5) is 11.7. The van der Waals surface area contributed by atoms with Gasteiger partial charge in [0, 0.05) is 23.8 Å². The smallest absolute Gasteiger partial charge is 0.319 e. The molecule has 0 heterocycles. The Balaban J connectivity index is 2.64. The van der Waals surface area contributed by atoms with Crippen LogP contribution in [0.2, 0.25) is 0 Å². The highest BCUT2D eigenvalue weighted by Gasteiger charge is 2.14. The highest BCUT2D eigenvalue weighted by Crippen LogP contribution is 2.24. The Morgan fingerprint density at radius 1 is 1.55 bits per heavy atom. The lowest BCUT2D eigenvalue weighted by Crippen LogP contribution is -2.41. The highest BCUT2D eigenvalue weighted by atomic mass is 79.9. The monoisotopic (exact) mass is 348 g/mol. The van der Waals surface area contributed by atoms with Crippen LogP contribution in [-0.2, 0) is 4.74 Å². The number of halogens is 2. The van der Waals surface area contributed by atoms with Crippen molar-refractivity contribution >= 4 is 27.6 Å². The van der Waals surface area contributed by atoms with Crippen molar-refractivity contribution in [1.29, 1.82) is 0 Å². The Morgan fingerprint density at radius 3 is 2.85 bits per heavy atom. The third-order valence-corrected chi connectivity index (χ3v) is 3.65. The number of benzene rings is 1. The van der Waals surface area contributed by atoms with Gasteiger partial charge in [0.05, 0.1) is 18.3 Å². The number of hydrogen-bond acceptors (Lipinski definition) is 3. The van der Waals surface area contributed by atoms with Crippen molar-refractivity contribution in [3.05, 3.63) is 28.0 Å². The molecule has 3 N–H and O–H groups in total. The summed E-state index contributed by atoms with van der Waals surface area (Å²) < 4.78 is 19.4. The maximum absolute atomic E-state index is 13.9. The highest BCUT2D eigenvalue weighted by molar-refractivity contribution is 9.10. The molecule has 0 aliphatic rings. The average molecular weight is 349 g/mol. The lowest BCUT2D eigenvalue weighted by Gasteiger charge is -2.17. The van der Waals surface area contributed by atoms with E-state index in [1.165, 1.54) is 13.2 Å². The van der Waals surface area contributed by atoms with Crippen molar-refractivity contribution < 1.29 is 19.0 Å². The molecular formula is C13H18BrFN2O3. The number of amides is 2. The van der Waals surface area contributed by atoms with Gasteiger partial charge < -0.3 is 20.5 Å². The number of carbonyl (C=O) groups excluding carboxylic acids is 1. The molecule has 0 unspecified atom stereocenters. The molecule has 20 heavy (non-hydrogen) atoms. The first-order chi connectivity index (χ1) is 9.49. The molecule has 112 valence electrons. The topological polar surface area (TPSA) is 70.6 Å². The van der Waals surface area contributed by atoms with Crippen molar-refractivity contribution in [1.82, 2.24) is 5.32 Å². The Kier molecular flexibility index (Phi) is 6.90. The van der Waals surface area contributed by atoms with Crippen LogP contribution in [0.25, 0.3) is 0 Å². The molecule has 1 aromatic carbocycles. The van der Waals surface area contributed by atoms with Crippen LogP contribution in [0.4, 0.5) is 14.9 Å². The van der Waals surface area contributed by atoms with E-state index in [-0.39, 0.29) is 12.3 Å². The molecule has 0 aliphatic heterocycles. The van der Waals surface area contributed by atoms with Crippen LogP contribution in [0, 0.1) is 12.7 Å². The minimum absolute atomic E-state index is 0.0895. The van der Waals surface area contributed by atoms with Gasteiger partial charge in [-0.25, -0.2) is 9.18 Å². The van der Waals surface area contributed by atoms with Gasteiger partial charge in [-0.3, -0.25) is 0 Å². The van der Waals surface area contributed by atoms with Gasteiger partial charge in [0.25, 0.3) is 0 Å². The van der Waals surface area contributed by atoms with E-state index in [1.807, 2.05) is 0 Å². The molecule has 0 saturated carbocycles. The quantitative estimate of drug-likeness (QED) is 0.739. The molecule has 1 aromatic rings. The van der Waals surface area contributed by atoms with Crippen LogP contribution in [0.15, 0.2) is 16.6 Å². The van der Waals surface area contributed by atoms with Crippen LogP contribution in [-0.4, -0.2) is 37.5 Å². The van der Waals surface area contributed by atoms with Gasteiger partial charge in [-0.2, -0.15) is 0 Å². The van der Waals surface area contributed by atoms with Crippen molar-refractivity contribution in [2.24, 2.45) is 0 Å². The second-order valence-corrected chi connectivity index (χ2v) is 5.15. The molecule has 1 rings (SSSR count). The SMILES string of the molecule is COCC[C@@H](CO)NC(=O)Nc1ccc(Br)c(C)c1F. The fraction of sp³-hybridized carbons (Fsp3) is 0.462. The number of hydrogen-bond donors (Lipinski definition) is 3. The van der Waals surface area contributed by atoms with Crippen LogP contribution in [0.5, 0.6) is 0 Å². The molecule has 0 fully saturated rings. The van der Waals surface area contributed by atoms with Crippen LogP contribution in [0.1, 0.15) is 12.0 Å². The molecule has 0 radical (unpaired) electrons. The Labute approximate surface area is 125 Å². The van der Waals surface area contributed by atoms with E-state index in [4.69, 9.17) is 9.84 Å². The van der Waals surface area contributed by atoms with Crippen LogP contribution in [0.3, 0.4) is 0 Å². The predicted molar refractivity (Wildman–Crippen MR) is 78.4 cm³/mol. The van der Waals surface area contributed by atoms with Crippen molar-refractivity contribution in [3.63, 3.8) is 0 Å². The fourth-order valence-electron chi connectivity index (χ4n) is 1.57. The maximum atomic E-state index is 13.9. The number of aliphatic hydroxyl groups is 1. The summed E-state index contributed by atoms with van der Waals surface area (Å²) in [6.07, 6.45) is 0.474. The number of urea groups is 1. The number of methoxy groups -OCH3 is 1. The zero-order valence-corrected chi connectivity index (χ0v) is 13.0. The lowest BCUT2D eigenvalue weighted by molar-refractivity contribution is 0.161. The number of nitrogens with one attached hydrogen (secondary N) is 2. The zero-order chi connectivity index (χ0) is 15.1. The number of aliphatic hydroxyl groups excluding tert-OH is 1. The van der Waals surface area contributed by atoms with Gasteiger partial charge in [-0.1, -0.05) is 15.9 Å². The summed E-state index contributed by atoms with van der Waals surface area (Å²) in [5, 5.41) is 14.1. The van der Waals surface area contributed by atoms with Gasteiger partial charge in [-0.05, 0) is 25.5 Å². The Morgan fingerprint density at radius 2 is 2.25 bits per heavy atom. The van der Waals surface area contributed by atoms with E-state index in [0.29, 0.717) is 23.1 Å². The molecule has 0 spiro atoms. The summed E-state index contributed by atoms with van der Waals surface area (Å²) in [6, 6.07) is 2.12. The standard InChI is InChI=1S/C13H18BrFN2O3/c1-8-10(14)3-4-11(12(8)15)17-13(19)16-9(7-18)5-6-20-2/h3-4,9,18H,5-7H2,1-2H3,(H2,16,17,19)/t9-/m0/s1. The van der Waals surface area contributed by atoms with E-state index in [1.54, 1.807) is 13.0 Å². The molecule has 7 heteroatoms. The average Bonchev–Trinajstić information content (AvgIpc) is 2.44. The second-order valence-electron chi connectivity index (χ2n) is 4.29. The molecule has 0 bridgehead atoms. The normalized spacial score (nSPS) is 12.1. The number of ether oxygens (including phenoxy) is 1. The summed E-state index contributed by atoms with van der Waals surface area (Å²) in [5.41, 5.74) is 0.507. The summed E-state index contributed by atoms with van der Waals surface area (Å²) in [7, 11) is 1.54. The minimum atomic E-state index is -0.569. The first-order valence-electron chi connectivity index (χ1n) is 6.11. The number of carbonyl (C=O) groups is 1. The molecular weight excluding hydrogens is 331 g/mol. The Bertz CT molecular complexity index is 471. The van der Waals surface area contributed by atoms with Gasteiger partial charge in [0.2, 0.25) is 0 Å². The fourth-order valence-corrected chi connectivity index (χ4v) is 1.88. The first kappa shape index (κ1) is 16.9. The van der Waals surface area contributed by atoms with Crippen molar-refractivity contribution in [3.8, 4) is 0 Å². The van der Waals surface area contributed by atoms with Gasteiger partial charge in [0.1, 0.15) is 0 Å². The number of rotatable bonds is 6. The van der Waals surface area contributed by atoms with E-state index < -0.39 is 17.9 Å². The van der Waals surface area contributed by atoms with Crippen molar-refractivity contribution in [2.75, 3.05) is 25.6 Å². The third kappa shape index (κ3) is 4.73. The molecule has 0 aliphatic carbocycles. The van der Waals surface area contributed by atoms with Gasteiger partial charge >= 0.3 is 6.03 Å². The predicted octanol–water partition coefficient (Wildman–Crippen LogP) is 2.42. The van der Waals surface area contributed by atoms with Gasteiger partial charge in [-0.15, -0.1) is 0 Å². The Hall–Kier alpha value is -1.18. The van der Waals surface area contributed by atoms with E-state index in [0.717, 1.165) is 0 Å². The lowest BCUT2D eigenvalue weighted by atomic mass is 10.2. The molecule has 0 aromatic heterocycles. The number of anilines is 1. The van der Waals surface area contributed by atoms with Crippen LogP contribution >= 0.6 is 15.9 Å². The molecule has 1 atom stereocenters. The van der Waals surface area contributed by atoms with Gasteiger partial charge in [0.15, 0.2) is 5.82 Å². The van der Waals surface area contributed by atoms with E-state index in [9.17, 15) is 9.18 Å².